The monoisotopic (exact) mass is 345 g/mol. The van der Waals surface area contributed by atoms with Gasteiger partial charge in [-0.3, -0.25) is 14.5 Å². The van der Waals surface area contributed by atoms with E-state index in [4.69, 9.17) is 4.74 Å². The molecule has 3 rings (SSSR count). The van der Waals surface area contributed by atoms with Gasteiger partial charge < -0.3 is 15.0 Å². The Morgan fingerprint density at radius 1 is 1.28 bits per heavy atom. The number of imide groups is 1. The summed E-state index contributed by atoms with van der Waals surface area (Å²) < 4.78 is 5.49. The van der Waals surface area contributed by atoms with Gasteiger partial charge in [-0.2, -0.15) is 0 Å². The van der Waals surface area contributed by atoms with E-state index in [9.17, 15) is 14.4 Å². The molecule has 0 unspecified atom stereocenters. The van der Waals surface area contributed by atoms with Gasteiger partial charge in [-0.1, -0.05) is 12.1 Å². The number of amides is 4. The van der Waals surface area contributed by atoms with Gasteiger partial charge in [0.05, 0.1) is 6.61 Å². The van der Waals surface area contributed by atoms with Crippen LogP contribution in [0.2, 0.25) is 0 Å². The molecule has 2 aliphatic rings. The van der Waals surface area contributed by atoms with Crippen LogP contribution in [0.15, 0.2) is 18.2 Å². The van der Waals surface area contributed by atoms with Crippen LogP contribution >= 0.6 is 0 Å². The van der Waals surface area contributed by atoms with E-state index in [1.165, 1.54) is 10.5 Å². The number of nitrogens with zero attached hydrogens (tertiary/aromatic N) is 2. The van der Waals surface area contributed by atoms with Crippen molar-refractivity contribution in [2.45, 2.75) is 32.7 Å². The molecular weight excluding hydrogens is 322 g/mol. The first-order valence-corrected chi connectivity index (χ1v) is 8.65. The fourth-order valence-electron chi connectivity index (χ4n) is 3.23. The molecule has 0 spiro atoms. The van der Waals surface area contributed by atoms with Crippen LogP contribution in [-0.2, 0) is 22.4 Å². The lowest BCUT2D eigenvalue weighted by molar-refractivity contribution is -0.153. The molecule has 7 heteroatoms. The summed E-state index contributed by atoms with van der Waals surface area (Å²) in [6, 6.07) is 5.38. The molecule has 1 saturated heterocycles. The predicted molar refractivity (Wildman–Crippen MR) is 91.3 cm³/mol. The highest BCUT2D eigenvalue weighted by molar-refractivity contribution is 6.38. The molecule has 7 nitrogen and oxygen atoms in total. The second-order valence-electron chi connectivity index (χ2n) is 6.44. The van der Waals surface area contributed by atoms with Gasteiger partial charge in [0, 0.05) is 32.1 Å². The van der Waals surface area contributed by atoms with Crippen LogP contribution in [0.1, 0.15) is 25.0 Å². The van der Waals surface area contributed by atoms with Crippen molar-refractivity contribution < 1.29 is 19.1 Å². The van der Waals surface area contributed by atoms with Crippen LogP contribution in [0.4, 0.5) is 4.79 Å². The number of hydrogen-bond acceptors (Lipinski definition) is 4. The van der Waals surface area contributed by atoms with Crippen LogP contribution in [0, 0.1) is 0 Å². The SMILES string of the molecule is CCN1CCN(C(=O)N[C@H](C)Cc2ccc3c(c2)CCO3)C(=O)C1=O. The van der Waals surface area contributed by atoms with E-state index in [1.54, 1.807) is 0 Å². The average Bonchev–Trinajstić information content (AvgIpc) is 3.04. The number of hydrogen-bond donors (Lipinski definition) is 1. The zero-order valence-electron chi connectivity index (χ0n) is 14.6. The number of ether oxygens (including phenoxy) is 1. The van der Waals surface area contributed by atoms with Crippen LogP contribution in [0.25, 0.3) is 0 Å². The second kappa shape index (κ2) is 7.13. The maximum absolute atomic E-state index is 12.3. The highest BCUT2D eigenvalue weighted by Gasteiger charge is 2.35. The van der Waals surface area contributed by atoms with Gasteiger partial charge in [-0.25, -0.2) is 4.79 Å². The molecule has 0 radical (unpaired) electrons. The summed E-state index contributed by atoms with van der Waals surface area (Å²) >= 11 is 0. The molecule has 0 aromatic heterocycles. The fraction of sp³-hybridized carbons (Fsp3) is 0.500. The largest absolute Gasteiger partial charge is 0.493 e. The smallest absolute Gasteiger partial charge is 0.324 e. The van der Waals surface area contributed by atoms with E-state index < -0.39 is 17.8 Å². The van der Waals surface area contributed by atoms with Gasteiger partial charge in [0.15, 0.2) is 0 Å². The standard InChI is InChI=1S/C18H23N3O4/c1-3-20-7-8-21(17(23)16(20)22)18(24)19-12(2)10-13-4-5-15-14(11-13)6-9-25-15/h4-5,11-12H,3,6-10H2,1-2H3,(H,19,24)/t12-/m1/s1. The normalized spacial score (nSPS) is 18.0. The molecule has 25 heavy (non-hydrogen) atoms. The molecule has 1 aromatic carbocycles. The van der Waals surface area contributed by atoms with E-state index in [1.807, 2.05) is 26.0 Å². The van der Waals surface area contributed by atoms with Crippen molar-refractivity contribution in [3.05, 3.63) is 29.3 Å². The summed E-state index contributed by atoms with van der Waals surface area (Å²) in [7, 11) is 0. The Labute approximate surface area is 146 Å². The quantitative estimate of drug-likeness (QED) is 0.824. The summed E-state index contributed by atoms with van der Waals surface area (Å²) in [5.41, 5.74) is 2.29. The summed E-state index contributed by atoms with van der Waals surface area (Å²) in [4.78, 5) is 38.8. The maximum Gasteiger partial charge on any atom is 0.324 e. The lowest BCUT2D eigenvalue weighted by Crippen LogP contribution is -2.59. The first-order chi connectivity index (χ1) is 12.0. The summed E-state index contributed by atoms with van der Waals surface area (Å²) in [5.74, 6) is -0.444. The Bertz CT molecular complexity index is 704. The number of rotatable bonds is 4. The zero-order chi connectivity index (χ0) is 18.0. The highest BCUT2D eigenvalue weighted by atomic mass is 16.5. The first kappa shape index (κ1) is 17.3. The summed E-state index contributed by atoms with van der Waals surface area (Å²) in [6.45, 7) is 5.49. The number of carbonyl (C=O) groups excluding carboxylic acids is 3. The van der Waals surface area contributed by atoms with Crippen LogP contribution < -0.4 is 10.1 Å². The van der Waals surface area contributed by atoms with Gasteiger partial charge in [-0.05, 0) is 37.5 Å². The van der Waals surface area contributed by atoms with E-state index in [0.717, 1.165) is 22.6 Å². The predicted octanol–water partition coefficient (Wildman–Crippen LogP) is 0.953. The molecule has 1 atom stereocenters. The highest BCUT2D eigenvalue weighted by Crippen LogP contribution is 2.26. The first-order valence-electron chi connectivity index (χ1n) is 8.65. The van der Waals surface area contributed by atoms with Gasteiger partial charge in [-0.15, -0.1) is 0 Å². The molecule has 2 aliphatic heterocycles. The van der Waals surface area contributed by atoms with E-state index in [2.05, 4.69) is 11.4 Å². The van der Waals surface area contributed by atoms with E-state index in [-0.39, 0.29) is 12.6 Å². The topological polar surface area (TPSA) is 79.0 Å². The third-order valence-corrected chi connectivity index (χ3v) is 4.60. The second-order valence-corrected chi connectivity index (χ2v) is 6.44. The van der Waals surface area contributed by atoms with Crippen molar-refractivity contribution >= 4 is 17.8 Å². The molecule has 4 amide bonds. The molecule has 0 bridgehead atoms. The number of urea groups is 1. The van der Waals surface area contributed by atoms with Gasteiger partial charge in [0.1, 0.15) is 5.75 Å². The van der Waals surface area contributed by atoms with Crippen molar-refractivity contribution in [2.75, 3.05) is 26.2 Å². The number of fused-ring (bicyclic) bond motifs is 1. The Balaban J connectivity index is 1.57. The lowest BCUT2D eigenvalue weighted by Gasteiger charge is -2.32. The molecule has 1 N–H and O–H groups in total. The molecule has 134 valence electrons. The molecule has 1 fully saturated rings. The summed E-state index contributed by atoms with van der Waals surface area (Å²) in [6.07, 6.45) is 1.55. The van der Waals surface area contributed by atoms with E-state index >= 15 is 0 Å². The number of nitrogens with one attached hydrogen (secondary N) is 1. The van der Waals surface area contributed by atoms with Crippen LogP contribution in [0.5, 0.6) is 5.75 Å². The van der Waals surface area contributed by atoms with Crippen LogP contribution in [0.3, 0.4) is 0 Å². The summed E-state index contributed by atoms with van der Waals surface area (Å²) in [5, 5.41) is 2.81. The maximum atomic E-state index is 12.3. The third kappa shape index (κ3) is 3.60. The minimum atomic E-state index is -0.757. The molecule has 2 heterocycles. The minimum absolute atomic E-state index is 0.153. The Morgan fingerprint density at radius 3 is 2.84 bits per heavy atom. The minimum Gasteiger partial charge on any atom is -0.493 e. The van der Waals surface area contributed by atoms with Crippen molar-refractivity contribution in [3.63, 3.8) is 0 Å². The average molecular weight is 345 g/mol. The number of piperazine rings is 1. The Kier molecular flexibility index (Phi) is 4.92. The van der Waals surface area contributed by atoms with Crippen molar-refractivity contribution in [1.29, 1.82) is 0 Å². The zero-order valence-corrected chi connectivity index (χ0v) is 14.6. The Morgan fingerprint density at radius 2 is 2.08 bits per heavy atom. The van der Waals surface area contributed by atoms with E-state index in [0.29, 0.717) is 26.1 Å². The van der Waals surface area contributed by atoms with Gasteiger partial charge >= 0.3 is 17.8 Å². The van der Waals surface area contributed by atoms with Crippen LogP contribution in [-0.4, -0.2) is 59.9 Å². The number of benzene rings is 1. The molecule has 1 aromatic rings. The van der Waals surface area contributed by atoms with Crippen molar-refractivity contribution in [2.24, 2.45) is 0 Å². The number of carbonyl (C=O) groups is 3. The molecule has 0 aliphatic carbocycles. The van der Waals surface area contributed by atoms with Crippen molar-refractivity contribution in [1.82, 2.24) is 15.1 Å². The van der Waals surface area contributed by atoms with Gasteiger partial charge in [0.25, 0.3) is 0 Å². The van der Waals surface area contributed by atoms with Crippen molar-refractivity contribution in [3.8, 4) is 5.75 Å². The Hall–Kier alpha value is -2.57. The molecular formula is C18H23N3O4. The number of likely N-dealkylation sites (N-methyl/N-ethyl adjacent to an activating group) is 1. The third-order valence-electron chi connectivity index (χ3n) is 4.60. The van der Waals surface area contributed by atoms with Gasteiger partial charge in [0.2, 0.25) is 0 Å². The molecule has 0 saturated carbocycles. The lowest BCUT2D eigenvalue weighted by atomic mass is 10.0. The fourth-order valence-corrected chi connectivity index (χ4v) is 3.23.